The second-order valence-electron chi connectivity index (χ2n) is 5.43. The Morgan fingerprint density at radius 2 is 2.24 bits per heavy atom. The maximum absolute atomic E-state index is 12.4. The Bertz CT molecular complexity index is 974. The lowest BCUT2D eigenvalue weighted by Crippen LogP contribution is -2.27. The normalized spacial score (nSPS) is 10.8. The smallest absolute Gasteiger partial charge is 0.273 e. The zero-order chi connectivity index (χ0) is 18.0. The minimum atomic E-state index is -0.268. The molecule has 0 bridgehead atoms. The van der Waals surface area contributed by atoms with Crippen LogP contribution in [0.4, 0.5) is 0 Å². The van der Waals surface area contributed by atoms with Crippen LogP contribution in [0.15, 0.2) is 28.7 Å². The molecule has 0 spiro atoms. The molecule has 25 heavy (non-hydrogen) atoms. The predicted octanol–water partition coefficient (Wildman–Crippen LogP) is 2.10. The van der Waals surface area contributed by atoms with Gasteiger partial charge in [-0.1, -0.05) is 27.2 Å². The number of benzene rings is 1. The first-order valence-corrected chi connectivity index (χ1v) is 8.74. The summed E-state index contributed by atoms with van der Waals surface area (Å²) in [5.74, 6) is 0.510. The van der Waals surface area contributed by atoms with Crippen LogP contribution in [0.2, 0.25) is 0 Å². The molecule has 2 aromatic heterocycles. The van der Waals surface area contributed by atoms with Crippen molar-refractivity contribution in [2.75, 3.05) is 6.54 Å². The van der Waals surface area contributed by atoms with Crippen molar-refractivity contribution in [3.63, 3.8) is 0 Å². The van der Waals surface area contributed by atoms with Crippen molar-refractivity contribution in [3.05, 3.63) is 50.7 Å². The number of carbonyl (C=O) groups is 1. The van der Waals surface area contributed by atoms with Crippen LogP contribution in [0.3, 0.4) is 0 Å². The van der Waals surface area contributed by atoms with E-state index < -0.39 is 0 Å². The fourth-order valence-electron chi connectivity index (χ4n) is 2.37. The second kappa shape index (κ2) is 7.28. The fraction of sp³-hybridized carbons (Fsp3) is 0.267. The Morgan fingerprint density at radius 3 is 2.92 bits per heavy atom. The number of amides is 1. The summed E-state index contributed by atoms with van der Waals surface area (Å²) in [6.45, 7) is 2.24. The summed E-state index contributed by atoms with van der Waals surface area (Å²) in [5.41, 5.74) is 1.81. The molecule has 0 radical (unpaired) electrons. The van der Waals surface area contributed by atoms with Gasteiger partial charge in [0.25, 0.3) is 5.91 Å². The molecular formula is C15H16BrN7OS. The lowest BCUT2D eigenvalue weighted by molar-refractivity contribution is 0.0948. The summed E-state index contributed by atoms with van der Waals surface area (Å²) in [6.07, 6.45) is 0.564. The first-order chi connectivity index (χ1) is 12.0. The molecule has 0 aliphatic rings. The molecule has 0 saturated carbocycles. The van der Waals surface area contributed by atoms with Crippen LogP contribution in [0.25, 0.3) is 5.69 Å². The van der Waals surface area contributed by atoms with Gasteiger partial charge in [0.2, 0.25) is 0 Å². The van der Waals surface area contributed by atoms with Crippen molar-refractivity contribution in [1.82, 2.24) is 35.1 Å². The Hall–Kier alpha value is -2.33. The molecule has 0 aliphatic heterocycles. The Labute approximate surface area is 157 Å². The van der Waals surface area contributed by atoms with Crippen LogP contribution in [0.1, 0.15) is 22.0 Å². The highest BCUT2D eigenvalue weighted by Crippen LogP contribution is 2.17. The van der Waals surface area contributed by atoms with E-state index in [2.05, 4.69) is 41.8 Å². The molecule has 2 N–H and O–H groups in total. The highest BCUT2D eigenvalue weighted by atomic mass is 79.9. The van der Waals surface area contributed by atoms with E-state index >= 15 is 0 Å². The lowest BCUT2D eigenvalue weighted by atomic mass is 10.3. The number of nitrogens with one attached hydrogen (secondary N) is 2. The molecule has 130 valence electrons. The minimum Gasteiger partial charge on any atom is -0.350 e. The second-order valence-corrected chi connectivity index (χ2v) is 6.73. The van der Waals surface area contributed by atoms with E-state index in [0.29, 0.717) is 29.1 Å². The Morgan fingerprint density at radius 1 is 1.44 bits per heavy atom. The maximum Gasteiger partial charge on any atom is 0.273 e. The standard InChI is InChI=1S/C15H16BrN7OS/c1-9-13(19-21-23(9)11-5-3-4-10(16)8-11)14(24)17-7-6-12-18-20-15(25)22(12)2/h3-5,8H,6-7H2,1-2H3,(H,17,24)(H,20,25). The molecule has 0 atom stereocenters. The molecule has 8 nitrogen and oxygen atoms in total. The largest absolute Gasteiger partial charge is 0.350 e. The van der Waals surface area contributed by atoms with Gasteiger partial charge in [-0.25, -0.2) is 4.68 Å². The zero-order valence-electron chi connectivity index (χ0n) is 13.7. The molecular weight excluding hydrogens is 406 g/mol. The molecule has 0 saturated heterocycles. The molecule has 0 aliphatic carbocycles. The van der Waals surface area contributed by atoms with Gasteiger partial charge in [-0.15, -0.1) is 5.10 Å². The molecule has 2 heterocycles. The summed E-state index contributed by atoms with van der Waals surface area (Å²) in [7, 11) is 1.83. The third-order valence-corrected chi connectivity index (χ3v) is 4.63. The number of nitrogens with zero attached hydrogens (tertiary/aromatic N) is 5. The first kappa shape index (κ1) is 17.5. The monoisotopic (exact) mass is 421 g/mol. The van der Waals surface area contributed by atoms with Crippen molar-refractivity contribution in [2.45, 2.75) is 13.3 Å². The van der Waals surface area contributed by atoms with Gasteiger partial charge in [-0.05, 0) is 37.3 Å². The summed E-state index contributed by atoms with van der Waals surface area (Å²) in [4.78, 5) is 12.4. The summed E-state index contributed by atoms with van der Waals surface area (Å²) >= 11 is 8.49. The topological polar surface area (TPSA) is 93.4 Å². The number of halogens is 1. The fourth-order valence-corrected chi connectivity index (χ4v) is 2.90. The SMILES string of the molecule is Cc1c(C(=O)NCCc2n[nH]c(=S)n2C)nnn1-c1cccc(Br)c1. The minimum absolute atomic E-state index is 0.268. The van der Waals surface area contributed by atoms with Gasteiger partial charge in [0.15, 0.2) is 10.5 Å². The van der Waals surface area contributed by atoms with Crippen LogP contribution < -0.4 is 5.32 Å². The van der Waals surface area contributed by atoms with Crippen LogP contribution in [0.5, 0.6) is 0 Å². The van der Waals surface area contributed by atoms with Crippen LogP contribution in [-0.2, 0) is 13.5 Å². The van der Waals surface area contributed by atoms with Gasteiger partial charge in [-0.2, -0.15) is 5.10 Å². The quantitative estimate of drug-likeness (QED) is 0.615. The van der Waals surface area contributed by atoms with Crippen molar-refractivity contribution < 1.29 is 4.79 Å². The third-order valence-electron chi connectivity index (χ3n) is 3.77. The van der Waals surface area contributed by atoms with Gasteiger partial charge in [-0.3, -0.25) is 9.89 Å². The van der Waals surface area contributed by atoms with Crippen molar-refractivity contribution in [1.29, 1.82) is 0 Å². The van der Waals surface area contributed by atoms with Crippen LogP contribution in [-0.4, -0.2) is 42.2 Å². The number of aromatic nitrogens is 6. The Kier molecular flexibility index (Phi) is 5.09. The third kappa shape index (κ3) is 3.69. The van der Waals surface area contributed by atoms with E-state index in [1.807, 2.05) is 38.2 Å². The number of hydrogen-bond acceptors (Lipinski definition) is 5. The van der Waals surface area contributed by atoms with Gasteiger partial charge in [0, 0.05) is 24.5 Å². The van der Waals surface area contributed by atoms with Crippen molar-refractivity contribution in [2.24, 2.45) is 7.05 Å². The first-order valence-electron chi connectivity index (χ1n) is 7.54. The number of H-pyrrole nitrogens is 1. The van der Waals surface area contributed by atoms with E-state index in [9.17, 15) is 4.79 Å². The zero-order valence-corrected chi connectivity index (χ0v) is 16.1. The summed E-state index contributed by atoms with van der Waals surface area (Å²) < 4.78 is 4.89. The molecule has 10 heteroatoms. The average molecular weight is 422 g/mol. The highest BCUT2D eigenvalue weighted by Gasteiger charge is 2.17. The van der Waals surface area contributed by atoms with Crippen LogP contribution >= 0.6 is 28.1 Å². The number of aromatic amines is 1. The summed E-state index contributed by atoms with van der Waals surface area (Å²) in [6, 6.07) is 7.63. The van der Waals surface area contributed by atoms with Gasteiger partial charge in [0.05, 0.1) is 11.4 Å². The van der Waals surface area contributed by atoms with E-state index in [-0.39, 0.29) is 5.91 Å². The summed E-state index contributed by atoms with van der Waals surface area (Å²) in [5, 5.41) is 17.8. The molecule has 0 unspecified atom stereocenters. The number of carbonyl (C=O) groups excluding carboxylic acids is 1. The van der Waals surface area contributed by atoms with E-state index in [1.165, 1.54) is 0 Å². The predicted molar refractivity (Wildman–Crippen MR) is 98.2 cm³/mol. The van der Waals surface area contributed by atoms with Gasteiger partial charge in [0.1, 0.15) is 5.82 Å². The highest BCUT2D eigenvalue weighted by molar-refractivity contribution is 9.10. The van der Waals surface area contributed by atoms with E-state index in [4.69, 9.17) is 12.2 Å². The van der Waals surface area contributed by atoms with Crippen molar-refractivity contribution >= 4 is 34.1 Å². The molecule has 1 aromatic carbocycles. The average Bonchev–Trinajstić information content (AvgIpc) is 3.12. The molecule has 3 rings (SSSR count). The van der Waals surface area contributed by atoms with E-state index in [0.717, 1.165) is 16.0 Å². The Balaban J connectivity index is 1.69. The molecule has 1 amide bonds. The van der Waals surface area contributed by atoms with Crippen LogP contribution in [0, 0.1) is 11.7 Å². The molecule has 3 aromatic rings. The van der Waals surface area contributed by atoms with E-state index in [1.54, 1.807) is 9.25 Å². The lowest BCUT2D eigenvalue weighted by Gasteiger charge is -2.05. The van der Waals surface area contributed by atoms with Gasteiger partial charge >= 0.3 is 0 Å². The maximum atomic E-state index is 12.4. The van der Waals surface area contributed by atoms with Gasteiger partial charge < -0.3 is 9.88 Å². The van der Waals surface area contributed by atoms with Crippen molar-refractivity contribution in [3.8, 4) is 5.69 Å². The molecule has 0 fully saturated rings. The number of hydrogen-bond donors (Lipinski definition) is 2. The number of rotatable bonds is 5.